The molecular formula is C21H19FN2O5S. The predicted molar refractivity (Wildman–Crippen MR) is 111 cm³/mol. The van der Waals surface area contributed by atoms with Gasteiger partial charge in [-0.1, -0.05) is 18.2 Å². The number of rotatable bonds is 7. The molecule has 0 saturated carbocycles. The highest BCUT2D eigenvalue weighted by atomic mass is 32.2. The summed E-state index contributed by atoms with van der Waals surface area (Å²) in [7, 11) is 2.93. The maximum Gasteiger partial charge on any atom is 0.293 e. The van der Waals surface area contributed by atoms with Gasteiger partial charge in [0, 0.05) is 18.7 Å². The quantitative estimate of drug-likeness (QED) is 0.679. The van der Waals surface area contributed by atoms with Crippen molar-refractivity contribution in [3.05, 3.63) is 64.3 Å². The van der Waals surface area contributed by atoms with Gasteiger partial charge in [-0.05, 0) is 42.1 Å². The van der Waals surface area contributed by atoms with Crippen LogP contribution in [0.3, 0.4) is 0 Å². The molecule has 1 fully saturated rings. The van der Waals surface area contributed by atoms with E-state index in [2.05, 4.69) is 5.32 Å². The maximum atomic E-state index is 13.8. The number of thioether (sulfide) groups is 1. The lowest BCUT2D eigenvalue weighted by Crippen LogP contribution is -2.37. The minimum Gasteiger partial charge on any atom is -0.497 e. The molecule has 0 bridgehead atoms. The number of amides is 3. The van der Waals surface area contributed by atoms with Crippen LogP contribution in [0, 0.1) is 5.82 Å². The summed E-state index contributed by atoms with van der Waals surface area (Å²) in [6.45, 7) is 0.0293. The zero-order valence-corrected chi connectivity index (χ0v) is 17.1. The summed E-state index contributed by atoms with van der Waals surface area (Å²) in [6.07, 6.45) is 1.35. The highest BCUT2D eigenvalue weighted by Crippen LogP contribution is 2.32. The number of ether oxygens (including phenoxy) is 2. The lowest BCUT2D eigenvalue weighted by molar-refractivity contribution is -0.122. The molecule has 3 amide bonds. The summed E-state index contributed by atoms with van der Waals surface area (Å²) in [4.78, 5) is 38.3. The van der Waals surface area contributed by atoms with Crippen LogP contribution in [-0.4, -0.2) is 49.3 Å². The van der Waals surface area contributed by atoms with Crippen molar-refractivity contribution in [1.29, 1.82) is 0 Å². The van der Waals surface area contributed by atoms with Crippen LogP contribution in [0.1, 0.15) is 15.9 Å². The van der Waals surface area contributed by atoms with Gasteiger partial charge in [-0.25, -0.2) is 4.39 Å². The van der Waals surface area contributed by atoms with E-state index in [0.29, 0.717) is 11.5 Å². The molecule has 2 aromatic rings. The number of carbonyl (C=O) groups is 3. The topological polar surface area (TPSA) is 84.9 Å². The van der Waals surface area contributed by atoms with Gasteiger partial charge in [-0.15, -0.1) is 0 Å². The third kappa shape index (κ3) is 4.62. The van der Waals surface area contributed by atoms with Gasteiger partial charge < -0.3 is 14.8 Å². The molecule has 0 aliphatic carbocycles. The average molecular weight is 430 g/mol. The third-order valence-electron chi connectivity index (χ3n) is 4.34. The molecule has 30 heavy (non-hydrogen) atoms. The largest absolute Gasteiger partial charge is 0.497 e. The molecule has 0 atom stereocenters. The standard InChI is InChI=1S/C21H19FN2O5S/c1-28-14-7-8-17(29-2)15(12-14)19(25)23-9-10-24-20(26)18(30-21(24)27)11-13-5-3-4-6-16(13)22/h3-8,11-12H,9-10H2,1-2H3,(H,23,25)/b18-11-. The summed E-state index contributed by atoms with van der Waals surface area (Å²) in [5.74, 6) is -0.581. The fourth-order valence-corrected chi connectivity index (χ4v) is 3.65. The second-order valence-corrected chi connectivity index (χ2v) is 7.17. The lowest BCUT2D eigenvalue weighted by atomic mass is 10.1. The summed E-state index contributed by atoms with van der Waals surface area (Å²) in [5.41, 5.74) is 0.492. The monoisotopic (exact) mass is 430 g/mol. The number of nitrogens with one attached hydrogen (secondary N) is 1. The van der Waals surface area contributed by atoms with Crippen molar-refractivity contribution in [3.8, 4) is 11.5 Å². The zero-order valence-electron chi connectivity index (χ0n) is 16.3. The smallest absolute Gasteiger partial charge is 0.293 e. The summed E-state index contributed by atoms with van der Waals surface area (Å²) >= 11 is 0.734. The Labute approximate surface area is 176 Å². The van der Waals surface area contributed by atoms with Gasteiger partial charge in [0.05, 0.1) is 24.7 Å². The van der Waals surface area contributed by atoms with Crippen LogP contribution in [0.5, 0.6) is 11.5 Å². The number of carbonyl (C=O) groups excluding carboxylic acids is 3. The van der Waals surface area contributed by atoms with Crippen LogP contribution < -0.4 is 14.8 Å². The first-order valence-electron chi connectivity index (χ1n) is 8.94. The number of halogens is 1. The zero-order chi connectivity index (χ0) is 21.7. The van der Waals surface area contributed by atoms with Crippen molar-refractivity contribution in [2.45, 2.75) is 0 Å². The Kier molecular flexibility index (Phi) is 6.73. The molecule has 1 N–H and O–H groups in total. The van der Waals surface area contributed by atoms with E-state index in [1.807, 2.05) is 0 Å². The minimum absolute atomic E-state index is 0.0166. The van der Waals surface area contributed by atoms with Gasteiger partial charge in [0.1, 0.15) is 17.3 Å². The molecule has 1 aliphatic rings. The van der Waals surface area contributed by atoms with Crippen molar-refractivity contribution in [3.63, 3.8) is 0 Å². The predicted octanol–water partition coefficient (Wildman–Crippen LogP) is 3.31. The van der Waals surface area contributed by atoms with Crippen molar-refractivity contribution < 1.29 is 28.2 Å². The highest BCUT2D eigenvalue weighted by Gasteiger charge is 2.34. The molecule has 7 nitrogen and oxygen atoms in total. The molecule has 1 heterocycles. The molecule has 2 aromatic carbocycles. The Morgan fingerprint density at radius 1 is 1.17 bits per heavy atom. The van der Waals surface area contributed by atoms with Gasteiger partial charge in [0.25, 0.3) is 17.1 Å². The number of hydrogen-bond acceptors (Lipinski definition) is 6. The first-order valence-corrected chi connectivity index (χ1v) is 9.76. The summed E-state index contributed by atoms with van der Waals surface area (Å²) in [5, 5.41) is 2.18. The van der Waals surface area contributed by atoms with E-state index in [4.69, 9.17) is 9.47 Å². The normalized spacial score (nSPS) is 14.9. The van der Waals surface area contributed by atoms with Gasteiger partial charge in [0.2, 0.25) is 0 Å². The van der Waals surface area contributed by atoms with Crippen molar-refractivity contribution in [1.82, 2.24) is 10.2 Å². The van der Waals surface area contributed by atoms with Gasteiger partial charge >= 0.3 is 0 Å². The van der Waals surface area contributed by atoms with E-state index in [-0.39, 0.29) is 29.1 Å². The number of imide groups is 1. The van der Waals surface area contributed by atoms with E-state index in [9.17, 15) is 18.8 Å². The molecule has 156 valence electrons. The molecule has 0 spiro atoms. The van der Waals surface area contributed by atoms with Crippen LogP contribution in [0.2, 0.25) is 0 Å². The van der Waals surface area contributed by atoms with Crippen molar-refractivity contribution in [2.24, 2.45) is 0 Å². The molecule has 1 aliphatic heterocycles. The number of benzene rings is 2. The first-order chi connectivity index (χ1) is 14.4. The van der Waals surface area contributed by atoms with Gasteiger partial charge in [0.15, 0.2) is 0 Å². The summed E-state index contributed by atoms with van der Waals surface area (Å²) < 4.78 is 24.1. The molecule has 0 aromatic heterocycles. The molecule has 3 rings (SSSR count). The molecule has 1 saturated heterocycles. The van der Waals surface area contributed by atoms with E-state index < -0.39 is 22.9 Å². The minimum atomic E-state index is -0.526. The molecule has 0 unspecified atom stereocenters. The van der Waals surface area contributed by atoms with Crippen LogP contribution in [-0.2, 0) is 4.79 Å². The second-order valence-electron chi connectivity index (χ2n) is 6.18. The number of methoxy groups -OCH3 is 2. The van der Waals surface area contributed by atoms with Crippen molar-refractivity contribution >= 4 is 34.9 Å². The first kappa shape index (κ1) is 21.4. The Balaban J connectivity index is 1.64. The van der Waals surface area contributed by atoms with E-state index >= 15 is 0 Å². The molecule has 9 heteroatoms. The SMILES string of the molecule is COc1ccc(OC)c(C(=O)NCCN2C(=O)S/C(=C\c3ccccc3F)C2=O)c1. The lowest BCUT2D eigenvalue weighted by Gasteiger charge is -2.14. The van der Waals surface area contributed by atoms with E-state index in [0.717, 1.165) is 16.7 Å². The molecular weight excluding hydrogens is 411 g/mol. The van der Waals surface area contributed by atoms with E-state index in [1.165, 1.54) is 38.5 Å². The Hall–Kier alpha value is -3.33. The Morgan fingerprint density at radius 2 is 1.93 bits per heavy atom. The average Bonchev–Trinajstić information content (AvgIpc) is 3.02. The van der Waals surface area contributed by atoms with Crippen LogP contribution in [0.4, 0.5) is 9.18 Å². The third-order valence-corrected chi connectivity index (χ3v) is 5.25. The maximum absolute atomic E-state index is 13.8. The Bertz CT molecular complexity index is 1020. The van der Waals surface area contributed by atoms with Crippen molar-refractivity contribution in [2.75, 3.05) is 27.3 Å². The molecule has 0 radical (unpaired) electrons. The van der Waals surface area contributed by atoms with Gasteiger partial charge in [-0.3, -0.25) is 19.3 Å². The van der Waals surface area contributed by atoms with Crippen LogP contribution in [0.15, 0.2) is 47.4 Å². The van der Waals surface area contributed by atoms with Crippen LogP contribution in [0.25, 0.3) is 6.08 Å². The fraction of sp³-hybridized carbons (Fsp3) is 0.190. The highest BCUT2D eigenvalue weighted by molar-refractivity contribution is 8.18. The summed E-state index contributed by atoms with van der Waals surface area (Å²) in [6, 6.07) is 10.8. The second kappa shape index (κ2) is 9.45. The number of nitrogens with zero attached hydrogens (tertiary/aromatic N) is 1. The van der Waals surface area contributed by atoms with Crippen LogP contribution >= 0.6 is 11.8 Å². The Morgan fingerprint density at radius 3 is 2.63 bits per heavy atom. The fourth-order valence-electron chi connectivity index (χ4n) is 2.79. The van der Waals surface area contributed by atoms with Gasteiger partial charge in [-0.2, -0.15) is 0 Å². The van der Waals surface area contributed by atoms with E-state index in [1.54, 1.807) is 24.3 Å². The number of hydrogen-bond donors (Lipinski definition) is 1.